The Bertz CT molecular complexity index is 93.6. The second-order valence-corrected chi connectivity index (χ2v) is 2.69. The molecule has 0 saturated heterocycles. The van der Waals surface area contributed by atoms with Crippen LogP contribution in [0.15, 0.2) is 0 Å². The summed E-state index contributed by atoms with van der Waals surface area (Å²) in [6.45, 7) is 4.13. The Balaban J connectivity index is 3.49. The van der Waals surface area contributed by atoms with E-state index < -0.39 is 0 Å². The van der Waals surface area contributed by atoms with E-state index in [0.717, 1.165) is 12.7 Å². The molecule has 1 atom stereocenters. The van der Waals surface area contributed by atoms with E-state index >= 15 is 0 Å². The van der Waals surface area contributed by atoms with Gasteiger partial charge in [-0.25, -0.2) is 0 Å². The molecule has 0 amide bonds. The second kappa shape index (κ2) is 5.38. The van der Waals surface area contributed by atoms with Crippen molar-refractivity contribution < 1.29 is 9.63 Å². The highest BCUT2D eigenvalue weighted by molar-refractivity contribution is 5.57. The Morgan fingerprint density at radius 1 is 1.60 bits per heavy atom. The van der Waals surface area contributed by atoms with E-state index in [9.17, 15) is 4.79 Å². The minimum absolute atomic E-state index is 0.162. The van der Waals surface area contributed by atoms with E-state index in [1.807, 2.05) is 0 Å². The van der Waals surface area contributed by atoms with Crippen LogP contribution in [-0.4, -0.2) is 19.4 Å². The molecule has 0 aliphatic carbocycles. The highest BCUT2D eigenvalue weighted by Gasteiger charge is 2.07. The van der Waals surface area contributed by atoms with Crippen molar-refractivity contribution in [2.75, 3.05) is 7.11 Å². The van der Waals surface area contributed by atoms with Crippen LogP contribution in [0, 0.1) is 5.92 Å². The molecule has 0 heterocycles. The summed E-state index contributed by atoms with van der Waals surface area (Å²) in [6, 6.07) is -0.162. The molecule has 0 fully saturated rings. The molecular formula is C7H15NO2. The molecule has 0 aromatic carbocycles. The van der Waals surface area contributed by atoms with Gasteiger partial charge in [0.1, 0.15) is 6.29 Å². The smallest absolute Gasteiger partial charge is 0.139 e. The van der Waals surface area contributed by atoms with Crippen molar-refractivity contribution in [3.05, 3.63) is 0 Å². The fourth-order valence-corrected chi connectivity index (χ4v) is 0.791. The Hall–Kier alpha value is -0.410. The van der Waals surface area contributed by atoms with Gasteiger partial charge in [0.2, 0.25) is 0 Å². The van der Waals surface area contributed by atoms with Crippen LogP contribution < -0.4 is 5.48 Å². The first-order valence-electron chi connectivity index (χ1n) is 3.44. The van der Waals surface area contributed by atoms with Crippen molar-refractivity contribution in [3.8, 4) is 0 Å². The van der Waals surface area contributed by atoms with Crippen molar-refractivity contribution in [1.29, 1.82) is 0 Å². The van der Waals surface area contributed by atoms with Gasteiger partial charge in [0.05, 0.1) is 13.2 Å². The van der Waals surface area contributed by atoms with Gasteiger partial charge >= 0.3 is 0 Å². The van der Waals surface area contributed by atoms with Gasteiger partial charge in [0.25, 0.3) is 0 Å². The number of nitrogens with one attached hydrogen (secondary N) is 1. The zero-order chi connectivity index (χ0) is 7.98. The Labute approximate surface area is 61.7 Å². The minimum atomic E-state index is -0.162. The number of hydroxylamine groups is 1. The molecule has 0 radical (unpaired) electrons. The number of aldehydes is 1. The summed E-state index contributed by atoms with van der Waals surface area (Å²) in [4.78, 5) is 14.9. The quantitative estimate of drug-likeness (QED) is 0.458. The molecule has 60 valence electrons. The Morgan fingerprint density at radius 3 is 2.50 bits per heavy atom. The van der Waals surface area contributed by atoms with Gasteiger partial charge in [0, 0.05) is 0 Å². The van der Waals surface area contributed by atoms with Gasteiger partial charge in [-0.05, 0) is 12.3 Å². The summed E-state index contributed by atoms with van der Waals surface area (Å²) in [5.41, 5.74) is 2.60. The first-order chi connectivity index (χ1) is 4.70. The number of rotatable bonds is 5. The van der Waals surface area contributed by atoms with Gasteiger partial charge in [-0.1, -0.05) is 13.8 Å². The van der Waals surface area contributed by atoms with E-state index in [4.69, 9.17) is 0 Å². The fraction of sp³-hybridized carbons (Fsp3) is 0.857. The third-order valence-electron chi connectivity index (χ3n) is 1.16. The molecule has 0 aromatic heterocycles. The van der Waals surface area contributed by atoms with E-state index in [-0.39, 0.29) is 6.04 Å². The highest BCUT2D eigenvalue weighted by atomic mass is 16.6. The molecule has 0 bridgehead atoms. The number of carbonyl (C=O) groups excluding carboxylic acids is 1. The van der Waals surface area contributed by atoms with Crippen LogP contribution in [0.5, 0.6) is 0 Å². The lowest BCUT2D eigenvalue weighted by atomic mass is 10.1. The van der Waals surface area contributed by atoms with Crippen molar-refractivity contribution >= 4 is 6.29 Å². The minimum Gasteiger partial charge on any atom is -0.304 e. The Kier molecular flexibility index (Phi) is 5.16. The summed E-state index contributed by atoms with van der Waals surface area (Å²) in [7, 11) is 1.51. The van der Waals surface area contributed by atoms with Gasteiger partial charge in [-0.2, -0.15) is 5.48 Å². The zero-order valence-electron chi connectivity index (χ0n) is 6.76. The lowest BCUT2D eigenvalue weighted by Crippen LogP contribution is -2.30. The second-order valence-electron chi connectivity index (χ2n) is 2.69. The van der Waals surface area contributed by atoms with E-state index in [1.165, 1.54) is 7.11 Å². The topological polar surface area (TPSA) is 38.3 Å². The highest BCUT2D eigenvalue weighted by Crippen LogP contribution is 2.01. The van der Waals surface area contributed by atoms with Crippen LogP contribution in [0.1, 0.15) is 20.3 Å². The van der Waals surface area contributed by atoms with Crippen molar-refractivity contribution in [1.82, 2.24) is 5.48 Å². The summed E-state index contributed by atoms with van der Waals surface area (Å²) in [5, 5.41) is 0. The first-order valence-corrected chi connectivity index (χ1v) is 3.44. The lowest BCUT2D eigenvalue weighted by Gasteiger charge is -2.11. The maximum Gasteiger partial charge on any atom is 0.139 e. The number of hydrogen-bond donors (Lipinski definition) is 1. The molecular weight excluding hydrogens is 130 g/mol. The predicted octanol–water partition coefficient (Wildman–Crippen LogP) is 0.751. The molecule has 0 saturated carbocycles. The van der Waals surface area contributed by atoms with Crippen molar-refractivity contribution in [2.45, 2.75) is 26.3 Å². The summed E-state index contributed by atoms with van der Waals surface area (Å²) in [5.74, 6) is 0.512. The maximum atomic E-state index is 10.3. The standard InChI is InChI=1S/C7H15NO2/c1-6(2)4-7(5-9)8-10-3/h5-8H,4H2,1-3H3. The fourth-order valence-electron chi connectivity index (χ4n) is 0.791. The third kappa shape index (κ3) is 4.47. The summed E-state index contributed by atoms with van der Waals surface area (Å²) in [6.07, 6.45) is 1.68. The van der Waals surface area contributed by atoms with Gasteiger partial charge in [-0.3, -0.25) is 0 Å². The third-order valence-corrected chi connectivity index (χ3v) is 1.16. The summed E-state index contributed by atoms with van der Waals surface area (Å²) >= 11 is 0. The van der Waals surface area contributed by atoms with Crippen LogP contribution >= 0.6 is 0 Å². The molecule has 1 unspecified atom stereocenters. The molecule has 0 aliphatic rings. The Morgan fingerprint density at radius 2 is 2.20 bits per heavy atom. The molecule has 0 spiro atoms. The first kappa shape index (κ1) is 9.59. The number of hydrogen-bond acceptors (Lipinski definition) is 3. The SMILES string of the molecule is CONC(C=O)CC(C)C. The molecule has 0 aromatic rings. The van der Waals surface area contributed by atoms with Crippen LogP contribution in [0.3, 0.4) is 0 Å². The van der Waals surface area contributed by atoms with Crippen LogP contribution in [0.4, 0.5) is 0 Å². The molecule has 3 nitrogen and oxygen atoms in total. The molecule has 3 heteroatoms. The zero-order valence-corrected chi connectivity index (χ0v) is 6.76. The molecule has 10 heavy (non-hydrogen) atoms. The van der Waals surface area contributed by atoms with Gasteiger partial charge in [0.15, 0.2) is 0 Å². The maximum absolute atomic E-state index is 10.3. The van der Waals surface area contributed by atoms with Crippen LogP contribution in [0.2, 0.25) is 0 Å². The number of carbonyl (C=O) groups is 1. The normalized spacial score (nSPS) is 13.6. The lowest BCUT2D eigenvalue weighted by molar-refractivity contribution is -0.113. The molecule has 0 aliphatic heterocycles. The largest absolute Gasteiger partial charge is 0.304 e. The van der Waals surface area contributed by atoms with E-state index in [2.05, 4.69) is 24.2 Å². The summed E-state index contributed by atoms with van der Waals surface area (Å²) < 4.78 is 0. The average molecular weight is 145 g/mol. The monoisotopic (exact) mass is 145 g/mol. The van der Waals surface area contributed by atoms with Crippen molar-refractivity contribution in [2.24, 2.45) is 5.92 Å². The van der Waals surface area contributed by atoms with Crippen molar-refractivity contribution in [3.63, 3.8) is 0 Å². The average Bonchev–Trinajstić information content (AvgIpc) is 1.86. The molecule has 1 N–H and O–H groups in total. The molecule has 0 rings (SSSR count). The van der Waals surface area contributed by atoms with Crippen LogP contribution in [0.25, 0.3) is 0 Å². The van der Waals surface area contributed by atoms with Crippen LogP contribution in [-0.2, 0) is 9.63 Å². The van der Waals surface area contributed by atoms with Gasteiger partial charge in [-0.15, -0.1) is 0 Å². The van der Waals surface area contributed by atoms with Gasteiger partial charge < -0.3 is 9.63 Å². The van der Waals surface area contributed by atoms with E-state index in [1.54, 1.807) is 0 Å². The van der Waals surface area contributed by atoms with E-state index in [0.29, 0.717) is 5.92 Å². The predicted molar refractivity (Wildman–Crippen MR) is 39.5 cm³/mol.